The first-order valence-corrected chi connectivity index (χ1v) is 9.03. The molecule has 2 aromatic rings. The molecule has 0 aliphatic rings. The van der Waals surface area contributed by atoms with Crippen LogP contribution in [0.5, 0.6) is 0 Å². The minimum absolute atomic E-state index is 0.00713. The Hall–Kier alpha value is -2.42. The van der Waals surface area contributed by atoms with Crippen molar-refractivity contribution in [3.63, 3.8) is 0 Å². The van der Waals surface area contributed by atoms with Crippen LogP contribution >= 0.6 is 11.6 Å². The van der Waals surface area contributed by atoms with Gasteiger partial charge in [0.1, 0.15) is 0 Å². The molecule has 0 spiro atoms. The number of carboxylic acid groups (broad SMARTS) is 1. The average Bonchev–Trinajstić information content (AvgIpc) is 2.58. The van der Waals surface area contributed by atoms with Gasteiger partial charge in [0.15, 0.2) is 0 Å². The lowest BCUT2D eigenvalue weighted by Gasteiger charge is -2.09. The number of sulfonamides is 1. The predicted octanol–water partition coefficient (Wildman–Crippen LogP) is 1.75. The van der Waals surface area contributed by atoms with Gasteiger partial charge < -0.3 is 10.4 Å². The van der Waals surface area contributed by atoms with Crippen molar-refractivity contribution in [1.29, 1.82) is 0 Å². The first-order valence-electron chi connectivity index (χ1n) is 7.17. The van der Waals surface area contributed by atoms with E-state index in [0.29, 0.717) is 5.02 Å². The maximum Gasteiger partial charge on any atom is 0.336 e. The van der Waals surface area contributed by atoms with Crippen molar-refractivity contribution in [2.24, 2.45) is 0 Å². The molecule has 1 amide bonds. The molecule has 3 N–H and O–H groups in total. The van der Waals surface area contributed by atoms with Gasteiger partial charge in [0.05, 0.1) is 16.0 Å². The summed E-state index contributed by atoms with van der Waals surface area (Å²) in [5, 5.41) is 11.8. The van der Waals surface area contributed by atoms with Crippen molar-refractivity contribution in [3.05, 3.63) is 64.7 Å². The summed E-state index contributed by atoms with van der Waals surface area (Å²) >= 11 is 5.76. The number of aromatic carboxylic acids is 1. The lowest BCUT2D eigenvalue weighted by Crippen LogP contribution is -2.35. The van der Waals surface area contributed by atoms with Gasteiger partial charge in [0, 0.05) is 18.1 Å². The summed E-state index contributed by atoms with van der Waals surface area (Å²) in [6, 6.07) is 11.5. The van der Waals surface area contributed by atoms with Crippen LogP contribution in [-0.4, -0.2) is 38.5 Å². The van der Waals surface area contributed by atoms with Crippen LogP contribution in [0.1, 0.15) is 20.7 Å². The van der Waals surface area contributed by atoms with Crippen molar-refractivity contribution in [3.8, 4) is 0 Å². The molecule has 0 unspecified atom stereocenters. The number of halogens is 1. The highest BCUT2D eigenvalue weighted by Crippen LogP contribution is 2.15. The quantitative estimate of drug-likeness (QED) is 0.631. The van der Waals surface area contributed by atoms with E-state index in [1.165, 1.54) is 36.4 Å². The Bertz CT molecular complexity index is 899. The second-order valence-corrected chi connectivity index (χ2v) is 7.17. The number of nitrogens with one attached hydrogen (secondary N) is 2. The van der Waals surface area contributed by atoms with Crippen LogP contribution in [0.3, 0.4) is 0 Å². The molecule has 2 rings (SSSR count). The van der Waals surface area contributed by atoms with E-state index in [1.54, 1.807) is 12.1 Å². The second kappa shape index (κ2) is 8.11. The van der Waals surface area contributed by atoms with Crippen LogP contribution in [-0.2, 0) is 10.0 Å². The molecule has 0 saturated heterocycles. The average molecular weight is 383 g/mol. The summed E-state index contributed by atoms with van der Waals surface area (Å²) in [5.74, 6) is -1.81. The smallest absolute Gasteiger partial charge is 0.336 e. The number of carbonyl (C=O) groups excluding carboxylic acids is 1. The highest BCUT2D eigenvalue weighted by molar-refractivity contribution is 7.89. The number of rotatable bonds is 7. The summed E-state index contributed by atoms with van der Waals surface area (Å²) in [6.07, 6.45) is 0. The maximum atomic E-state index is 12.1. The topological polar surface area (TPSA) is 113 Å². The van der Waals surface area contributed by atoms with E-state index in [1.807, 2.05) is 0 Å². The van der Waals surface area contributed by atoms with E-state index < -0.39 is 21.9 Å². The molecule has 0 radical (unpaired) electrons. The van der Waals surface area contributed by atoms with Gasteiger partial charge in [-0.3, -0.25) is 4.79 Å². The standard InChI is InChI=1S/C16H15ClN2O5S/c17-11-4-3-5-12(10-11)25(23,24)19-9-8-18-15(20)13-6-1-2-7-14(13)16(21)22/h1-7,10,19H,8-9H2,(H,18,20)(H,21,22). The number of carbonyl (C=O) groups is 2. The summed E-state index contributed by atoms with van der Waals surface area (Å²) in [7, 11) is -3.75. The Kier molecular flexibility index (Phi) is 6.13. The fraction of sp³-hybridized carbons (Fsp3) is 0.125. The molecule has 132 valence electrons. The fourth-order valence-electron chi connectivity index (χ4n) is 2.04. The molecule has 0 saturated carbocycles. The van der Waals surface area contributed by atoms with Gasteiger partial charge in [-0.15, -0.1) is 0 Å². The van der Waals surface area contributed by atoms with Crippen molar-refractivity contribution < 1.29 is 23.1 Å². The SMILES string of the molecule is O=C(O)c1ccccc1C(=O)NCCNS(=O)(=O)c1cccc(Cl)c1. The molecule has 0 heterocycles. The zero-order valence-electron chi connectivity index (χ0n) is 12.9. The van der Waals surface area contributed by atoms with E-state index in [0.717, 1.165) is 0 Å². The number of benzene rings is 2. The van der Waals surface area contributed by atoms with Crippen molar-refractivity contribution in [2.45, 2.75) is 4.90 Å². The van der Waals surface area contributed by atoms with Crippen molar-refractivity contribution in [2.75, 3.05) is 13.1 Å². The van der Waals surface area contributed by atoms with Gasteiger partial charge in [-0.25, -0.2) is 17.9 Å². The third-order valence-electron chi connectivity index (χ3n) is 3.21. The summed E-state index contributed by atoms with van der Waals surface area (Å²) in [4.78, 5) is 23.1. The normalized spacial score (nSPS) is 11.1. The summed E-state index contributed by atoms with van der Waals surface area (Å²) in [5.41, 5.74) is -0.118. The Morgan fingerprint density at radius 1 is 1.00 bits per heavy atom. The molecule has 0 fully saturated rings. The molecule has 0 atom stereocenters. The van der Waals surface area contributed by atoms with Crippen LogP contribution < -0.4 is 10.0 Å². The molecule has 0 bridgehead atoms. The highest BCUT2D eigenvalue weighted by atomic mass is 35.5. The molecular weight excluding hydrogens is 368 g/mol. The second-order valence-electron chi connectivity index (χ2n) is 4.96. The van der Waals surface area contributed by atoms with E-state index >= 15 is 0 Å². The van der Waals surface area contributed by atoms with Gasteiger partial charge in [-0.2, -0.15) is 0 Å². The van der Waals surface area contributed by atoms with Gasteiger partial charge in [-0.1, -0.05) is 29.8 Å². The third-order valence-corrected chi connectivity index (χ3v) is 4.90. The van der Waals surface area contributed by atoms with Gasteiger partial charge in [0.25, 0.3) is 5.91 Å². The lowest BCUT2D eigenvalue weighted by molar-refractivity contribution is 0.0691. The number of amides is 1. The van der Waals surface area contributed by atoms with E-state index in [-0.39, 0.29) is 29.1 Å². The van der Waals surface area contributed by atoms with Crippen LogP contribution in [0, 0.1) is 0 Å². The van der Waals surface area contributed by atoms with Gasteiger partial charge in [-0.05, 0) is 30.3 Å². The zero-order valence-corrected chi connectivity index (χ0v) is 14.5. The molecule has 0 aliphatic carbocycles. The molecular formula is C16H15ClN2O5S. The van der Waals surface area contributed by atoms with E-state index in [4.69, 9.17) is 16.7 Å². The van der Waals surface area contributed by atoms with Gasteiger partial charge >= 0.3 is 5.97 Å². The van der Waals surface area contributed by atoms with Crippen molar-refractivity contribution >= 4 is 33.5 Å². The minimum atomic E-state index is -3.75. The Morgan fingerprint density at radius 3 is 2.32 bits per heavy atom. The summed E-state index contributed by atoms with van der Waals surface area (Å²) < 4.78 is 26.5. The highest BCUT2D eigenvalue weighted by Gasteiger charge is 2.16. The first kappa shape index (κ1) is 18.9. The number of hydrogen-bond acceptors (Lipinski definition) is 4. The van der Waals surface area contributed by atoms with Crippen LogP contribution in [0.15, 0.2) is 53.4 Å². The molecule has 2 aromatic carbocycles. The lowest BCUT2D eigenvalue weighted by atomic mass is 10.1. The third kappa shape index (κ3) is 5.02. The Morgan fingerprint density at radius 2 is 1.68 bits per heavy atom. The molecule has 9 heteroatoms. The first-order chi connectivity index (χ1) is 11.8. The Labute approximate surface area is 149 Å². The predicted molar refractivity (Wildman–Crippen MR) is 92.4 cm³/mol. The van der Waals surface area contributed by atoms with E-state index in [9.17, 15) is 18.0 Å². The number of carboxylic acids is 1. The largest absolute Gasteiger partial charge is 0.478 e. The van der Waals surface area contributed by atoms with E-state index in [2.05, 4.69) is 10.0 Å². The molecule has 7 nitrogen and oxygen atoms in total. The van der Waals surface area contributed by atoms with Gasteiger partial charge in [0.2, 0.25) is 10.0 Å². The zero-order chi connectivity index (χ0) is 18.4. The fourth-order valence-corrected chi connectivity index (χ4v) is 3.37. The molecule has 0 aromatic heterocycles. The monoisotopic (exact) mass is 382 g/mol. The summed E-state index contributed by atoms with van der Waals surface area (Å²) in [6.45, 7) is -0.0671. The van der Waals surface area contributed by atoms with Crippen LogP contribution in [0.4, 0.5) is 0 Å². The van der Waals surface area contributed by atoms with Crippen LogP contribution in [0.2, 0.25) is 5.02 Å². The van der Waals surface area contributed by atoms with Crippen molar-refractivity contribution in [1.82, 2.24) is 10.0 Å². The maximum absolute atomic E-state index is 12.1. The number of hydrogen-bond donors (Lipinski definition) is 3. The minimum Gasteiger partial charge on any atom is -0.478 e. The Balaban J connectivity index is 1.93. The molecule has 25 heavy (non-hydrogen) atoms. The molecule has 0 aliphatic heterocycles. The van der Waals surface area contributed by atoms with Crippen LogP contribution in [0.25, 0.3) is 0 Å².